The zero-order valence-corrected chi connectivity index (χ0v) is 13.8. The molecule has 2 aromatic rings. The van der Waals surface area contributed by atoms with Crippen LogP contribution in [-0.2, 0) is 17.6 Å². The van der Waals surface area contributed by atoms with E-state index in [9.17, 15) is 4.79 Å². The number of amides is 1. The molecule has 3 N–H and O–H groups in total. The van der Waals surface area contributed by atoms with E-state index >= 15 is 0 Å². The van der Waals surface area contributed by atoms with Crippen molar-refractivity contribution in [2.24, 2.45) is 0 Å². The monoisotopic (exact) mass is 334 g/mol. The van der Waals surface area contributed by atoms with Gasteiger partial charge in [0.2, 0.25) is 5.91 Å². The topological polar surface area (TPSA) is 55.1 Å². The van der Waals surface area contributed by atoms with Crippen LogP contribution >= 0.6 is 22.9 Å². The van der Waals surface area contributed by atoms with Crippen molar-refractivity contribution in [3.8, 4) is 0 Å². The lowest BCUT2D eigenvalue weighted by Crippen LogP contribution is -2.31. The molecule has 3 rings (SSSR count). The number of nitrogen functional groups attached to an aromatic ring is 1. The van der Waals surface area contributed by atoms with Gasteiger partial charge in [-0.05, 0) is 61.1 Å². The van der Waals surface area contributed by atoms with Crippen LogP contribution in [-0.4, -0.2) is 5.91 Å². The molecule has 0 bridgehead atoms. The molecule has 0 saturated heterocycles. The average Bonchev–Trinajstić information content (AvgIpc) is 2.91. The van der Waals surface area contributed by atoms with Gasteiger partial charge in [0, 0.05) is 17.0 Å². The lowest BCUT2D eigenvalue weighted by atomic mass is 9.87. The summed E-state index contributed by atoms with van der Waals surface area (Å²) in [5, 5.41) is 3.16. The molecule has 5 heteroatoms. The van der Waals surface area contributed by atoms with Gasteiger partial charge in [-0.25, -0.2) is 0 Å². The zero-order valence-electron chi connectivity index (χ0n) is 12.3. The molecule has 1 aromatic heterocycles. The van der Waals surface area contributed by atoms with Crippen LogP contribution in [0.4, 0.5) is 5.69 Å². The number of aryl methyl sites for hydroxylation is 2. The van der Waals surface area contributed by atoms with Gasteiger partial charge in [0.1, 0.15) is 0 Å². The van der Waals surface area contributed by atoms with E-state index in [0.29, 0.717) is 6.42 Å². The van der Waals surface area contributed by atoms with Crippen LogP contribution in [0.1, 0.15) is 41.3 Å². The first-order chi connectivity index (χ1) is 10.6. The van der Waals surface area contributed by atoms with Crippen molar-refractivity contribution >= 4 is 34.5 Å². The molecule has 1 aliphatic rings. The molecule has 1 amide bonds. The number of rotatable bonds is 4. The molecule has 0 aliphatic heterocycles. The van der Waals surface area contributed by atoms with E-state index in [4.69, 9.17) is 17.3 Å². The summed E-state index contributed by atoms with van der Waals surface area (Å²) >= 11 is 7.45. The van der Waals surface area contributed by atoms with Crippen molar-refractivity contribution in [3.63, 3.8) is 0 Å². The summed E-state index contributed by atoms with van der Waals surface area (Å²) in [6.07, 6.45) is 4.36. The molecule has 1 atom stereocenters. The van der Waals surface area contributed by atoms with Gasteiger partial charge >= 0.3 is 0 Å². The first-order valence-electron chi connectivity index (χ1n) is 7.54. The minimum Gasteiger partial charge on any atom is -0.399 e. The van der Waals surface area contributed by atoms with Gasteiger partial charge in [0.15, 0.2) is 0 Å². The second-order valence-corrected chi connectivity index (χ2v) is 7.48. The van der Waals surface area contributed by atoms with Crippen molar-refractivity contribution in [2.45, 2.75) is 38.1 Å². The number of hydrogen-bond acceptors (Lipinski definition) is 3. The van der Waals surface area contributed by atoms with Crippen LogP contribution in [0, 0.1) is 0 Å². The summed E-state index contributed by atoms with van der Waals surface area (Å²) in [5.74, 6) is 0.0965. The fourth-order valence-electron chi connectivity index (χ4n) is 2.97. The molecule has 0 fully saturated rings. The summed E-state index contributed by atoms with van der Waals surface area (Å²) in [5.41, 5.74) is 9.12. The molecule has 22 heavy (non-hydrogen) atoms. The van der Waals surface area contributed by atoms with Crippen LogP contribution in [0.15, 0.2) is 30.3 Å². The Labute approximate surface area is 139 Å². The van der Waals surface area contributed by atoms with Gasteiger partial charge < -0.3 is 11.1 Å². The normalized spacial score (nSPS) is 17.0. The number of nitrogens with two attached hydrogens (primary N) is 1. The smallest absolute Gasteiger partial charge is 0.220 e. The molecule has 0 spiro atoms. The number of fused-ring (bicyclic) bond motifs is 1. The van der Waals surface area contributed by atoms with Gasteiger partial charge in [-0.3, -0.25) is 4.79 Å². The Morgan fingerprint density at radius 2 is 2.23 bits per heavy atom. The minimum atomic E-state index is 0.0965. The number of carbonyl (C=O) groups excluding carboxylic acids is 1. The molecule has 1 heterocycles. The van der Waals surface area contributed by atoms with Crippen molar-refractivity contribution in [1.82, 2.24) is 5.32 Å². The predicted octanol–water partition coefficient (Wildman–Crippen LogP) is 4.11. The van der Waals surface area contributed by atoms with Gasteiger partial charge in [-0.15, -0.1) is 11.3 Å². The molecule has 1 aromatic carbocycles. The Bertz CT molecular complexity index is 683. The number of benzene rings is 1. The standard InChI is InChI=1S/C17H19ClN2OS/c18-16-8-5-13(22-16)6-9-17(21)20-15-3-1-2-11-10-12(19)4-7-14(11)15/h4-5,7-8,10,15H,1-3,6,9,19H2,(H,20,21). The first-order valence-corrected chi connectivity index (χ1v) is 8.73. The molecular formula is C17H19ClN2OS. The van der Waals surface area contributed by atoms with E-state index < -0.39 is 0 Å². The summed E-state index contributed by atoms with van der Waals surface area (Å²) in [7, 11) is 0. The minimum absolute atomic E-state index is 0.0965. The summed E-state index contributed by atoms with van der Waals surface area (Å²) in [6.45, 7) is 0. The highest BCUT2D eigenvalue weighted by atomic mass is 35.5. The van der Waals surface area contributed by atoms with E-state index in [0.717, 1.165) is 40.6 Å². The maximum atomic E-state index is 12.2. The summed E-state index contributed by atoms with van der Waals surface area (Å²) in [4.78, 5) is 13.4. The molecule has 3 nitrogen and oxygen atoms in total. The maximum absolute atomic E-state index is 12.2. The van der Waals surface area contributed by atoms with Crippen LogP contribution in [0.3, 0.4) is 0 Å². The van der Waals surface area contributed by atoms with E-state index in [1.807, 2.05) is 30.3 Å². The van der Waals surface area contributed by atoms with Gasteiger partial charge in [0.25, 0.3) is 0 Å². The average molecular weight is 335 g/mol. The Balaban J connectivity index is 1.60. The lowest BCUT2D eigenvalue weighted by molar-refractivity contribution is -0.121. The third kappa shape index (κ3) is 3.62. The number of halogens is 1. The Kier molecular flexibility index (Phi) is 4.69. The van der Waals surface area contributed by atoms with Gasteiger partial charge in [-0.1, -0.05) is 17.7 Å². The van der Waals surface area contributed by atoms with Crippen molar-refractivity contribution in [1.29, 1.82) is 0 Å². The fraction of sp³-hybridized carbons (Fsp3) is 0.353. The van der Waals surface area contributed by atoms with Crippen molar-refractivity contribution < 1.29 is 4.79 Å². The van der Waals surface area contributed by atoms with Crippen LogP contribution < -0.4 is 11.1 Å². The maximum Gasteiger partial charge on any atom is 0.220 e. The third-order valence-corrected chi connectivity index (χ3v) is 5.33. The largest absolute Gasteiger partial charge is 0.399 e. The molecule has 1 unspecified atom stereocenters. The molecule has 0 saturated carbocycles. The van der Waals surface area contributed by atoms with Crippen LogP contribution in [0.25, 0.3) is 0 Å². The Morgan fingerprint density at radius 1 is 1.36 bits per heavy atom. The summed E-state index contributed by atoms with van der Waals surface area (Å²) < 4.78 is 0.772. The van der Waals surface area contributed by atoms with E-state index in [2.05, 4.69) is 5.32 Å². The second kappa shape index (κ2) is 6.71. The SMILES string of the molecule is Nc1ccc2c(c1)CCCC2NC(=O)CCc1ccc(Cl)s1. The predicted molar refractivity (Wildman–Crippen MR) is 92.3 cm³/mol. The number of thiophene rings is 1. The van der Waals surface area contributed by atoms with Crippen LogP contribution in [0.2, 0.25) is 4.34 Å². The number of anilines is 1. The number of nitrogens with one attached hydrogen (secondary N) is 1. The highest BCUT2D eigenvalue weighted by Crippen LogP contribution is 2.31. The van der Waals surface area contributed by atoms with Crippen LogP contribution in [0.5, 0.6) is 0 Å². The van der Waals surface area contributed by atoms with Gasteiger partial charge in [0.05, 0.1) is 10.4 Å². The second-order valence-electron chi connectivity index (χ2n) is 5.68. The highest BCUT2D eigenvalue weighted by Gasteiger charge is 2.21. The highest BCUT2D eigenvalue weighted by molar-refractivity contribution is 7.16. The summed E-state index contributed by atoms with van der Waals surface area (Å²) in [6, 6.07) is 9.97. The Hall–Kier alpha value is -1.52. The zero-order chi connectivity index (χ0) is 15.5. The molecule has 1 aliphatic carbocycles. The van der Waals surface area contributed by atoms with Crippen molar-refractivity contribution in [2.75, 3.05) is 5.73 Å². The first kappa shape index (κ1) is 15.4. The Morgan fingerprint density at radius 3 is 3.00 bits per heavy atom. The quantitative estimate of drug-likeness (QED) is 0.827. The molecule has 116 valence electrons. The number of carbonyl (C=O) groups is 1. The van der Waals surface area contributed by atoms with E-state index in [1.165, 1.54) is 22.5 Å². The fourth-order valence-corrected chi connectivity index (χ4v) is 4.06. The molecule has 0 radical (unpaired) electrons. The third-order valence-electron chi connectivity index (χ3n) is 4.04. The van der Waals surface area contributed by atoms with E-state index in [1.54, 1.807) is 0 Å². The lowest BCUT2D eigenvalue weighted by Gasteiger charge is -2.26. The molecular weight excluding hydrogens is 316 g/mol. The van der Waals surface area contributed by atoms with Crippen molar-refractivity contribution in [3.05, 3.63) is 50.7 Å². The van der Waals surface area contributed by atoms with E-state index in [-0.39, 0.29) is 11.9 Å². The van der Waals surface area contributed by atoms with Gasteiger partial charge in [-0.2, -0.15) is 0 Å². The number of hydrogen-bond donors (Lipinski definition) is 2.